The van der Waals surface area contributed by atoms with Crippen LogP contribution in [0.1, 0.15) is 38.5 Å². The standard InChI is InChI=1S/C13H21NO3S2/c15-9-8-12(11-5-2-1-3-6-11)14-19(16,17)13-7-4-10-18-13/h4,7,10-12,14-15H,1-3,5-6,8-9H2. The predicted molar refractivity (Wildman–Crippen MR) is 76.7 cm³/mol. The zero-order chi connectivity index (χ0) is 13.7. The summed E-state index contributed by atoms with van der Waals surface area (Å²) in [5.41, 5.74) is 0. The van der Waals surface area contributed by atoms with E-state index < -0.39 is 10.0 Å². The highest BCUT2D eigenvalue weighted by Gasteiger charge is 2.28. The lowest BCUT2D eigenvalue weighted by atomic mass is 9.83. The molecule has 1 aromatic rings. The summed E-state index contributed by atoms with van der Waals surface area (Å²) in [6, 6.07) is 3.21. The SMILES string of the molecule is O=S(=O)(NC(CCO)C1CCCCC1)c1cccs1. The molecule has 0 bridgehead atoms. The van der Waals surface area contributed by atoms with Gasteiger partial charge in [0.15, 0.2) is 0 Å². The maximum atomic E-state index is 12.2. The zero-order valence-corrected chi connectivity index (χ0v) is 12.5. The molecular weight excluding hydrogens is 282 g/mol. The lowest BCUT2D eigenvalue weighted by Crippen LogP contribution is -2.41. The fourth-order valence-electron chi connectivity index (χ4n) is 2.74. The molecule has 1 atom stereocenters. The molecule has 1 saturated carbocycles. The van der Waals surface area contributed by atoms with Gasteiger partial charge in [0, 0.05) is 12.6 Å². The van der Waals surface area contributed by atoms with Gasteiger partial charge in [-0.15, -0.1) is 11.3 Å². The molecule has 0 amide bonds. The molecule has 0 saturated heterocycles. The summed E-state index contributed by atoms with van der Waals surface area (Å²) in [5, 5.41) is 10.9. The van der Waals surface area contributed by atoms with Crippen molar-refractivity contribution in [2.24, 2.45) is 5.92 Å². The first-order valence-corrected chi connectivity index (χ1v) is 9.16. The van der Waals surface area contributed by atoms with Crippen LogP contribution in [-0.2, 0) is 10.0 Å². The van der Waals surface area contributed by atoms with Crippen LogP contribution in [-0.4, -0.2) is 26.2 Å². The van der Waals surface area contributed by atoms with Gasteiger partial charge in [0.2, 0.25) is 10.0 Å². The monoisotopic (exact) mass is 303 g/mol. The van der Waals surface area contributed by atoms with E-state index in [-0.39, 0.29) is 12.6 Å². The van der Waals surface area contributed by atoms with Crippen LogP contribution in [0.5, 0.6) is 0 Å². The number of hydrogen-bond acceptors (Lipinski definition) is 4. The zero-order valence-electron chi connectivity index (χ0n) is 10.9. The summed E-state index contributed by atoms with van der Waals surface area (Å²) in [6.07, 6.45) is 6.16. The Balaban J connectivity index is 2.07. The van der Waals surface area contributed by atoms with Crippen LogP contribution in [0.2, 0.25) is 0 Å². The highest BCUT2D eigenvalue weighted by atomic mass is 32.2. The maximum Gasteiger partial charge on any atom is 0.250 e. The third-order valence-electron chi connectivity index (χ3n) is 3.73. The third kappa shape index (κ3) is 4.02. The van der Waals surface area contributed by atoms with Crippen molar-refractivity contribution in [3.63, 3.8) is 0 Å². The molecule has 0 radical (unpaired) electrons. The molecule has 2 rings (SSSR count). The van der Waals surface area contributed by atoms with Crippen LogP contribution in [0, 0.1) is 5.92 Å². The van der Waals surface area contributed by atoms with Crippen LogP contribution >= 0.6 is 11.3 Å². The van der Waals surface area contributed by atoms with E-state index >= 15 is 0 Å². The molecule has 19 heavy (non-hydrogen) atoms. The van der Waals surface area contributed by atoms with Crippen LogP contribution < -0.4 is 4.72 Å². The molecule has 1 aliphatic carbocycles. The van der Waals surface area contributed by atoms with E-state index in [4.69, 9.17) is 5.11 Å². The molecule has 0 aromatic carbocycles. The lowest BCUT2D eigenvalue weighted by Gasteiger charge is -2.30. The summed E-state index contributed by atoms with van der Waals surface area (Å²) in [4.78, 5) is 0. The van der Waals surface area contributed by atoms with Crippen molar-refractivity contribution in [2.75, 3.05) is 6.61 Å². The predicted octanol–water partition coefficient (Wildman–Crippen LogP) is 2.36. The number of hydrogen-bond donors (Lipinski definition) is 2. The molecular formula is C13H21NO3S2. The summed E-state index contributed by atoms with van der Waals surface area (Å²) in [5.74, 6) is 0.357. The van der Waals surface area contributed by atoms with Gasteiger partial charge in [-0.05, 0) is 36.6 Å². The van der Waals surface area contributed by atoms with Crippen molar-refractivity contribution in [3.8, 4) is 0 Å². The molecule has 4 nitrogen and oxygen atoms in total. The van der Waals surface area contributed by atoms with Gasteiger partial charge in [-0.25, -0.2) is 13.1 Å². The van der Waals surface area contributed by atoms with Crippen molar-refractivity contribution in [1.82, 2.24) is 4.72 Å². The highest BCUT2D eigenvalue weighted by Crippen LogP contribution is 2.29. The Bertz CT molecular complexity index is 464. The Hall–Kier alpha value is -0.430. The Morgan fingerprint density at radius 1 is 1.37 bits per heavy atom. The highest BCUT2D eigenvalue weighted by molar-refractivity contribution is 7.91. The van der Waals surface area contributed by atoms with Gasteiger partial charge in [-0.3, -0.25) is 0 Å². The molecule has 1 aliphatic rings. The van der Waals surface area contributed by atoms with Crippen LogP contribution in [0.3, 0.4) is 0 Å². The van der Waals surface area contributed by atoms with E-state index in [0.29, 0.717) is 16.5 Å². The number of thiophene rings is 1. The molecule has 1 fully saturated rings. The van der Waals surface area contributed by atoms with Crippen molar-refractivity contribution in [3.05, 3.63) is 17.5 Å². The molecule has 1 heterocycles. The number of aliphatic hydroxyl groups is 1. The lowest BCUT2D eigenvalue weighted by molar-refractivity contribution is 0.221. The van der Waals surface area contributed by atoms with Gasteiger partial charge < -0.3 is 5.11 Å². The maximum absolute atomic E-state index is 12.2. The molecule has 6 heteroatoms. The first-order valence-electron chi connectivity index (χ1n) is 6.80. The van der Waals surface area contributed by atoms with Gasteiger partial charge in [0.1, 0.15) is 4.21 Å². The molecule has 108 valence electrons. The van der Waals surface area contributed by atoms with E-state index in [1.807, 2.05) is 0 Å². The van der Waals surface area contributed by atoms with E-state index in [1.165, 1.54) is 17.8 Å². The van der Waals surface area contributed by atoms with Crippen LogP contribution in [0.15, 0.2) is 21.7 Å². The topological polar surface area (TPSA) is 66.4 Å². The first-order chi connectivity index (χ1) is 9.13. The summed E-state index contributed by atoms with van der Waals surface area (Å²) in [7, 11) is -3.43. The van der Waals surface area contributed by atoms with E-state index in [2.05, 4.69) is 4.72 Å². The first kappa shape index (κ1) is 15.0. The Morgan fingerprint density at radius 3 is 2.68 bits per heavy atom. The van der Waals surface area contributed by atoms with E-state index in [9.17, 15) is 8.42 Å². The molecule has 0 spiro atoms. The van der Waals surface area contributed by atoms with Gasteiger partial charge in [0.25, 0.3) is 0 Å². The Kier molecular flexibility index (Phi) is 5.38. The van der Waals surface area contributed by atoms with Crippen molar-refractivity contribution in [1.29, 1.82) is 0 Å². The quantitative estimate of drug-likeness (QED) is 0.848. The second-order valence-electron chi connectivity index (χ2n) is 5.07. The van der Waals surface area contributed by atoms with Crippen LogP contribution in [0.25, 0.3) is 0 Å². The minimum Gasteiger partial charge on any atom is -0.396 e. The molecule has 0 aliphatic heterocycles. The van der Waals surface area contributed by atoms with Gasteiger partial charge >= 0.3 is 0 Å². The second-order valence-corrected chi connectivity index (χ2v) is 7.96. The Morgan fingerprint density at radius 2 is 2.11 bits per heavy atom. The molecule has 1 unspecified atom stereocenters. The van der Waals surface area contributed by atoms with Crippen molar-refractivity contribution < 1.29 is 13.5 Å². The number of rotatable bonds is 6. The van der Waals surface area contributed by atoms with Crippen LogP contribution in [0.4, 0.5) is 0 Å². The summed E-state index contributed by atoms with van der Waals surface area (Å²) in [6.45, 7) is 0.0220. The summed E-state index contributed by atoms with van der Waals surface area (Å²) < 4.78 is 27.6. The average molecular weight is 303 g/mol. The summed E-state index contributed by atoms with van der Waals surface area (Å²) >= 11 is 1.22. The number of aliphatic hydroxyl groups excluding tert-OH is 1. The normalized spacial score (nSPS) is 19.4. The van der Waals surface area contributed by atoms with Crippen molar-refractivity contribution in [2.45, 2.75) is 48.8 Å². The third-order valence-corrected chi connectivity index (χ3v) is 6.61. The number of sulfonamides is 1. The fourth-order valence-corrected chi connectivity index (χ4v) is 5.09. The van der Waals surface area contributed by atoms with Gasteiger partial charge in [0.05, 0.1) is 0 Å². The van der Waals surface area contributed by atoms with Gasteiger partial charge in [-0.1, -0.05) is 25.3 Å². The smallest absolute Gasteiger partial charge is 0.250 e. The molecule has 1 aromatic heterocycles. The van der Waals surface area contributed by atoms with Gasteiger partial charge in [-0.2, -0.15) is 0 Å². The van der Waals surface area contributed by atoms with E-state index in [0.717, 1.165) is 25.7 Å². The number of nitrogens with one attached hydrogen (secondary N) is 1. The van der Waals surface area contributed by atoms with E-state index in [1.54, 1.807) is 17.5 Å². The molecule has 2 N–H and O–H groups in total. The van der Waals surface area contributed by atoms with Crippen molar-refractivity contribution >= 4 is 21.4 Å². The second kappa shape index (κ2) is 6.83. The average Bonchev–Trinajstić information content (AvgIpc) is 2.94. The minimum atomic E-state index is -3.43. The fraction of sp³-hybridized carbons (Fsp3) is 0.692. The minimum absolute atomic E-state index is 0.0220. The Labute approximate surface area is 118 Å². The largest absolute Gasteiger partial charge is 0.396 e.